The van der Waals surface area contributed by atoms with E-state index in [0.29, 0.717) is 5.69 Å². The van der Waals surface area contributed by atoms with Crippen LogP contribution in [0, 0.1) is 0 Å². The number of rotatable bonds is 4. The fourth-order valence-electron chi connectivity index (χ4n) is 0.902. The Kier molecular flexibility index (Phi) is 6.96. The van der Waals surface area contributed by atoms with Gasteiger partial charge in [-0.05, 0) is 30.3 Å². The van der Waals surface area contributed by atoms with Crippen LogP contribution in [-0.4, -0.2) is 18.9 Å². The Labute approximate surface area is 126 Å². The van der Waals surface area contributed by atoms with Gasteiger partial charge in [0.05, 0.1) is 5.69 Å². The molecule has 0 saturated heterocycles. The number of carbonyl (C=O) groups excluding carboxylic acids is 1. The van der Waals surface area contributed by atoms with E-state index >= 15 is 0 Å². The predicted molar refractivity (Wildman–Crippen MR) is 59.5 cm³/mol. The molecule has 0 aliphatic heterocycles. The Bertz CT molecular complexity index is 554. The van der Waals surface area contributed by atoms with Gasteiger partial charge < -0.3 is 9.87 Å². The van der Waals surface area contributed by atoms with Gasteiger partial charge in [-0.15, -0.1) is 5.11 Å². The van der Waals surface area contributed by atoms with E-state index in [9.17, 15) is 17.8 Å². The molecule has 9 heteroatoms. The number of anilines is 1. The standard InChI is InChI=1S/C9H9N3O4S.Na/c1-2-9(13)10-7-3-5-8(6-4-7)11-12-17(14,15)16;/h2-6H,1H2,(H,10,13)(H,14,15,16);/q;+1/p-1. The minimum atomic E-state index is -4.73. The van der Waals surface area contributed by atoms with Crippen LogP contribution in [0.25, 0.3) is 0 Å². The normalized spacial score (nSPS) is 10.7. The molecule has 1 rings (SSSR count). The van der Waals surface area contributed by atoms with Gasteiger partial charge in [-0.2, -0.15) is 0 Å². The topological polar surface area (TPSA) is 111 Å². The van der Waals surface area contributed by atoms with E-state index in [-0.39, 0.29) is 41.2 Å². The Hall–Kier alpha value is -1.06. The quantitative estimate of drug-likeness (QED) is 0.308. The zero-order chi connectivity index (χ0) is 12.9. The van der Waals surface area contributed by atoms with Crippen molar-refractivity contribution >= 4 is 27.6 Å². The first kappa shape index (κ1) is 16.9. The number of carbonyl (C=O) groups is 1. The van der Waals surface area contributed by atoms with Crippen molar-refractivity contribution in [2.75, 3.05) is 5.32 Å². The predicted octanol–water partition coefficient (Wildman–Crippen LogP) is -1.64. The minimum Gasteiger partial charge on any atom is -0.728 e. The van der Waals surface area contributed by atoms with Crippen molar-refractivity contribution in [3.63, 3.8) is 0 Å². The van der Waals surface area contributed by atoms with Crippen molar-refractivity contribution in [1.29, 1.82) is 0 Å². The van der Waals surface area contributed by atoms with E-state index in [2.05, 4.69) is 21.5 Å². The summed E-state index contributed by atoms with van der Waals surface area (Å²) in [5.74, 6) is -0.374. The Morgan fingerprint density at radius 2 is 1.89 bits per heavy atom. The molecule has 0 radical (unpaired) electrons. The molecule has 0 fully saturated rings. The largest absolute Gasteiger partial charge is 1.00 e. The minimum absolute atomic E-state index is 0. The summed E-state index contributed by atoms with van der Waals surface area (Å²) in [4.78, 5) is 10.9. The molecule has 90 valence electrons. The van der Waals surface area contributed by atoms with E-state index in [4.69, 9.17) is 0 Å². The van der Waals surface area contributed by atoms with Gasteiger partial charge in [0.15, 0.2) is 0 Å². The maximum atomic E-state index is 10.9. The van der Waals surface area contributed by atoms with Crippen molar-refractivity contribution in [1.82, 2.24) is 0 Å². The molecule has 0 bridgehead atoms. The van der Waals surface area contributed by atoms with Crippen molar-refractivity contribution in [2.45, 2.75) is 0 Å². The average Bonchev–Trinajstić information content (AvgIpc) is 2.27. The molecule has 0 saturated carbocycles. The van der Waals surface area contributed by atoms with Crippen LogP contribution >= 0.6 is 0 Å². The van der Waals surface area contributed by atoms with E-state index in [1.54, 1.807) is 0 Å². The monoisotopic (exact) mass is 277 g/mol. The van der Waals surface area contributed by atoms with Gasteiger partial charge in [-0.25, -0.2) is 8.42 Å². The fraction of sp³-hybridized carbons (Fsp3) is 0. The van der Waals surface area contributed by atoms with Gasteiger partial charge in [0.2, 0.25) is 16.2 Å². The summed E-state index contributed by atoms with van der Waals surface area (Å²) in [7, 11) is -4.73. The first-order valence-corrected chi connectivity index (χ1v) is 5.69. The summed E-state index contributed by atoms with van der Waals surface area (Å²) in [5, 5.41) is 5.69. The fourth-order valence-corrected chi connectivity index (χ4v) is 1.10. The molecule has 0 aliphatic rings. The molecule has 0 unspecified atom stereocenters. The van der Waals surface area contributed by atoms with Crippen molar-refractivity contribution in [2.24, 2.45) is 9.63 Å². The van der Waals surface area contributed by atoms with Crippen LogP contribution in [-0.2, 0) is 15.1 Å². The molecule has 1 N–H and O–H groups in total. The van der Waals surface area contributed by atoms with Gasteiger partial charge in [0.25, 0.3) is 0 Å². The second-order valence-electron chi connectivity index (χ2n) is 2.85. The van der Waals surface area contributed by atoms with E-state index in [0.717, 1.165) is 6.08 Å². The van der Waals surface area contributed by atoms with E-state index < -0.39 is 10.3 Å². The van der Waals surface area contributed by atoms with Crippen LogP contribution in [0.4, 0.5) is 11.4 Å². The maximum absolute atomic E-state index is 10.9. The molecular weight excluding hydrogens is 269 g/mol. The van der Waals surface area contributed by atoms with Crippen LogP contribution in [0.3, 0.4) is 0 Å². The summed E-state index contributed by atoms with van der Waals surface area (Å²) in [6, 6.07) is 5.75. The van der Waals surface area contributed by atoms with Gasteiger partial charge in [0, 0.05) is 5.69 Å². The molecule has 1 amide bonds. The molecule has 1 aromatic rings. The van der Waals surface area contributed by atoms with Crippen LogP contribution in [0.2, 0.25) is 0 Å². The molecular formula is C9H8N3NaO4S. The number of hydrogen-bond acceptors (Lipinski definition) is 5. The summed E-state index contributed by atoms with van der Waals surface area (Å²) >= 11 is 0. The molecule has 18 heavy (non-hydrogen) atoms. The zero-order valence-corrected chi connectivity index (χ0v) is 12.3. The van der Waals surface area contributed by atoms with Crippen molar-refractivity contribution in [3.05, 3.63) is 36.9 Å². The molecule has 0 atom stereocenters. The average molecular weight is 277 g/mol. The zero-order valence-electron chi connectivity index (χ0n) is 9.53. The summed E-state index contributed by atoms with van der Waals surface area (Å²) in [6.45, 7) is 3.28. The third-order valence-corrected chi connectivity index (χ3v) is 1.86. The molecule has 0 spiro atoms. The third kappa shape index (κ3) is 6.62. The third-order valence-electron chi connectivity index (χ3n) is 1.58. The Morgan fingerprint density at radius 1 is 1.33 bits per heavy atom. The van der Waals surface area contributed by atoms with Crippen LogP contribution in [0.5, 0.6) is 0 Å². The number of nitrogens with one attached hydrogen (secondary N) is 1. The van der Waals surface area contributed by atoms with Gasteiger partial charge in [0.1, 0.15) is 0 Å². The summed E-state index contributed by atoms with van der Waals surface area (Å²) in [6.07, 6.45) is 1.11. The van der Waals surface area contributed by atoms with Crippen molar-refractivity contribution in [3.8, 4) is 0 Å². The molecule has 0 heterocycles. The van der Waals surface area contributed by atoms with Crippen LogP contribution in [0.15, 0.2) is 46.6 Å². The molecule has 0 aliphatic carbocycles. The number of benzene rings is 1. The van der Waals surface area contributed by atoms with E-state index in [1.165, 1.54) is 24.3 Å². The SMILES string of the molecule is C=CC(=O)Nc1ccc(N=NS(=O)(=O)[O-])cc1.[Na+]. The maximum Gasteiger partial charge on any atom is 1.00 e. The van der Waals surface area contributed by atoms with Gasteiger partial charge in [-0.3, -0.25) is 4.79 Å². The van der Waals surface area contributed by atoms with Gasteiger partial charge >= 0.3 is 29.6 Å². The van der Waals surface area contributed by atoms with Crippen LogP contribution in [0.1, 0.15) is 0 Å². The van der Waals surface area contributed by atoms with E-state index in [1.807, 2.05) is 0 Å². The first-order valence-electron chi connectivity index (χ1n) is 4.33. The molecule has 0 aromatic heterocycles. The first-order chi connectivity index (χ1) is 7.90. The number of amides is 1. The second kappa shape index (κ2) is 7.39. The Balaban J connectivity index is 0.00000289. The Morgan fingerprint density at radius 3 is 2.33 bits per heavy atom. The van der Waals surface area contributed by atoms with Gasteiger partial charge in [-0.1, -0.05) is 11.1 Å². The number of nitrogens with zero attached hydrogens (tertiary/aromatic N) is 2. The summed E-state index contributed by atoms with van der Waals surface area (Å²) < 4.78 is 33.1. The summed E-state index contributed by atoms with van der Waals surface area (Å²) in [5.41, 5.74) is 0.667. The molecule has 7 nitrogen and oxygen atoms in total. The second-order valence-corrected chi connectivity index (χ2v) is 3.87. The number of hydrogen-bond donors (Lipinski definition) is 1. The van der Waals surface area contributed by atoms with Crippen LogP contribution < -0.4 is 34.9 Å². The smallest absolute Gasteiger partial charge is 0.728 e. The van der Waals surface area contributed by atoms with Crippen molar-refractivity contribution < 1.29 is 47.3 Å². The molecule has 1 aromatic carbocycles.